The highest BCUT2D eigenvalue weighted by Crippen LogP contribution is 2.38. The van der Waals surface area contributed by atoms with E-state index >= 15 is 0 Å². The molecule has 0 aliphatic rings. The van der Waals surface area contributed by atoms with Crippen molar-refractivity contribution in [2.24, 2.45) is 0 Å². The van der Waals surface area contributed by atoms with Crippen molar-refractivity contribution in [3.8, 4) is 0 Å². The first-order valence-electron chi connectivity index (χ1n) is 22.8. The van der Waals surface area contributed by atoms with Crippen molar-refractivity contribution in [1.29, 1.82) is 0 Å². The average Bonchev–Trinajstić information content (AvgIpc) is 3.16. The standard InChI is InChI=1S/C48H87N2O6P/c1-6-8-10-12-14-16-18-20-21-22-23-24-25-26-27-28-29-30-32-34-36-38-40-42-48(52)49-46(45-56-57(53,54)55-44-43-50(3,4)5)47(51)41-39-37-35-33-31-19-17-15-13-11-9-7-2/h8,10,14,16,20-21,23-24,31,33,39,41,46-47,51H,6-7,9,11-13,15,17-19,22,25-30,32,34-38,40,42-45H2,1-5H3,(H-,49,52,53,54)/b10-8-,16-14-,21-20-,24-23-,33-31+,41-39+. The fourth-order valence-electron chi connectivity index (χ4n) is 6.04. The Hall–Kier alpha value is -2.06. The summed E-state index contributed by atoms with van der Waals surface area (Å²) in [6.07, 6.45) is 52.4. The number of phosphoric ester groups is 1. The van der Waals surface area contributed by atoms with Crippen LogP contribution in [-0.2, 0) is 18.4 Å². The van der Waals surface area contributed by atoms with E-state index in [2.05, 4.69) is 79.9 Å². The van der Waals surface area contributed by atoms with Gasteiger partial charge in [-0.1, -0.05) is 170 Å². The van der Waals surface area contributed by atoms with E-state index in [1.807, 2.05) is 27.2 Å². The minimum absolute atomic E-state index is 0.0105. The molecular weight excluding hydrogens is 732 g/mol. The zero-order chi connectivity index (χ0) is 42.1. The predicted octanol–water partition coefficient (Wildman–Crippen LogP) is 12.2. The molecule has 0 spiro atoms. The van der Waals surface area contributed by atoms with Crippen LogP contribution in [0.4, 0.5) is 0 Å². The summed E-state index contributed by atoms with van der Waals surface area (Å²) in [5.74, 6) is -0.217. The highest BCUT2D eigenvalue weighted by Gasteiger charge is 2.23. The molecule has 0 aliphatic heterocycles. The van der Waals surface area contributed by atoms with Crippen LogP contribution in [0, 0.1) is 0 Å². The number of carbonyl (C=O) groups excluding carboxylic acids is 1. The van der Waals surface area contributed by atoms with E-state index in [9.17, 15) is 19.4 Å². The number of aliphatic hydroxyl groups excluding tert-OH is 1. The zero-order valence-corrected chi connectivity index (χ0v) is 38.2. The Bertz CT molecular complexity index is 1160. The van der Waals surface area contributed by atoms with Gasteiger partial charge in [0.1, 0.15) is 13.2 Å². The summed E-state index contributed by atoms with van der Waals surface area (Å²) < 4.78 is 23.2. The third-order valence-corrected chi connectivity index (χ3v) is 10.6. The van der Waals surface area contributed by atoms with Gasteiger partial charge in [0.2, 0.25) is 5.91 Å². The van der Waals surface area contributed by atoms with Gasteiger partial charge >= 0.3 is 0 Å². The lowest BCUT2D eigenvalue weighted by atomic mass is 10.0. The van der Waals surface area contributed by atoms with E-state index in [0.717, 1.165) is 70.6 Å². The fraction of sp³-hybridized carbons (Fsp3) is 0.729. The fourth-order valence-corrected chi connectivity index (χ4v) is 6.76. The Morgan fingerprint density at radius 2 is 1.09 bits per heavy atom. The Morgan fingerprint density at radius 3 is 1.63 bits per heavy atom. The minimum atomic E-state index is -4.60. The molecule has 9 heteroatoms. The first kappa shape index (κ1) is 54.9. The van der Waals surface area contributed by atoms with Crippen LogP contribution in [0.25, 0.3) is 0 Å². The lowest BCUT2D eigenvalue weighted by molar-refractivity contribution is -0.870. The molecule has 0 aliphatic carbocycles. The van der Waals surface area contributed by atoms with Crippen molar-refractivity contribution in [3.05, 3.63) is 72.9 Å². The Kier molecular flexibility index (Phi) is 38.0. The summed E-state index contributed by atoms with van der Waals surface area (Å²) in [6, 6.07) is -0.907. The smallest absolute Gasteiger partial charge is 0.268 e. The predicted molar refractivity (Wildman–Crippen MR) is 242 cm³/mol. The number of hydrogen-bond acceptors (Lipinski definition) is 6. The highest BCUT2D eigenvalue weighted by molar-refractivity contribution is 7.45. The molecule has 3 atom stereocenters. The normalized spacial score (nSPS) is 15.0. The summed E-state index contributed by atoms with van der Waals surface area (Å²) >= 11 is 0. The van der Waals surface area contributed by atoms with Gasteiger partial charge in [0.15, 0.2) is 0 Å². The molecule has 330 valence electrons. The lowest BCUT2D eigenvalue weighted by Gasteiger charge is -2.29. The maximum atomic E-state index is 12.9. The van der Waals surface area contributed by atoms with Crippen LogP contribution in [0.2, 0.25) is 0 Å². The summed E-state index contributed by atoms with van der Waals surface area (Å²) in [5, 5.41) is 13.7. The molecule has 0 bridgehead atoms. The third kappa shape index (κ3) is 41.9. The first-order chi connectivity index (χ1) is 27.5. The molecule has 0 saturated heterocycles. The summed E-state index contributed by atoms with van der Waals surface area (Å²) in [7, 11) is 1.23. The van der Waals surface area contributed by atoms with E-state index in [1.165, 1.54) is 83.5 Å². The van der Waals surface area contributed by atoms with E-state index in [0.29, 0.717) is 17.4 Å². The van der Waals surface area contributed by atoms with Crippen LogP contribution in [0.1, 0.15) is 174 Å². The van der Waals surface area contributed by atoms with Gasteiger partial charge in [0.05, 0.1) is 39.9 Å². The van der Waals surface area contributed by atoms with Gasteiger partial charge in [-0.25, -0.2) is 0 Å². The van der Waals surface area contributed by atoms with E-state index in [4.69, 9.17) is 9.05 Å². The number of nitrogens with one attached hydrogen (secondary N) is 1. The van der Waals surface area contributed by atoms with Crippen molar-refractivity contribution in [2.45, 2.75) is 187 Å². The second-order valence-corrected chi connectivity index (χ2v) is 17.8. The third-order valence-electron chi connectivity index (χ3n) is 9.65. The molecule has 0 rings (SSSR count). The molecule has 3 unspecified atom stereocenters. The van der Waals surface area contributed by atoms with Crippen LogP contribution >= 0.6 is 7.82 Å². The largest absolute Gasteiger partial charge is 0.756 e. The SMILES string of the molecule is CC/C=C\C/C=C\C/C=C\C/C=C\CCCCCCCCCCCCC(=O)NC(COP(=O)([O-])OCC[N+](C)(C)C)C(O)/C=C/CC/C=C/CCCCCCCC. The minimum Gasteiger partial charge on any atom is -0.756 e. The van der Waals surface area contributed by atoms with Crippen molar-refractivity contribution in [1.82, 2.24) is 5.32 Å². The highest BCUT2D eigenvalue weighted by atomic mass is 31.2. The maximum absolute atomic E-state index is 12.9. The number of likely N-dealkylation sites (N-methyl/N-ethyl adjacent to an activating group) is 1. The van der Waals surface area contributed by atoms with Crippen molar-refractivity contribution < 1.29 is 32.9 Å². The molecule has 57 heavy (non-hydrogen) atoms. The molecule has 0 radical (unpaired) electrons. The average molecular weight is 819 g/mol. The molecule has 1 amide bonds. The van der Waals surface area contributed by atoms with Crippen molar-refractivity contribution >= 4 is 13.7 Å². The van der Waals surface area contributed by atoms with Crippen LogP contribution in [0.3, 0.4) is 0 Å². The number of unbranched alkanes of at least 4 members (excludes halogenated alkanes) is 17. The van der Waals surface area contributed by atoms with Gasteiger partial charge in [-0.15, -0.1) is 0 Å². The first-order valence-corrected chi connectivity index (χ1v) is 24.3. The number of allylic oxidation sites excluding steroid dienone is 11. The number of carbonyl (C=O) groups is 1. The monoisotopic (exact) mass is 819 g/mol. The van der Waals surface area contributed by atoms with Crippen LogP contribution in [-0.4, -0.2) is 68.5 Å². The molecule has 0 aromatic rings. The number of hydrogen-bond donors (Lipinski definition) is 2. The second-order valence-electron chi connectivity index (χ2n) is 16.4. The lowest BCUT2D eigenvalue weighted by Crippen LogP contribution is -2.45. The molecular formula is C48H87N2O6P. The van der Waals surface area contributed by atoms with E-state index in [-0.39, 0.29) is 12.5 Å². The van der Waals surface area contributed by atoms with Crippen LogP contribution in [0.15, 0.2) is 72.9 Å². The number of phosphoric acid groups is 1. The zero-order valence-electron chi connectivity index (χ0n) is 37.3. The summed E-state index contributed by atoms with van der Waals surface area (Å²) in [6.45, 7) is 4.47. The molecule has 8 nitrogen and oxygen atoms in total. The van der Waals surface area contributed by atoms with Gasteiger partial charge in [-0.3, -0.25) is 9.36 Å². The Labute approximate surface area is 351 Å². The maximum Gasteiger partial charge on any atom is 0.268 e. The number of quaternary nitrogens is 1. The molecule has 0 saturated carbocycles. The summed E-state index contributed by atoms with van der Waals surface area (Å²) in [4.78, 5) is 25.3. The summed E-state index contributed by atoms with van der Waals surface area (Å²) in [5.41, 5.74) is 0. The van der Waals surface area contributed by atoms with Crippen molar-refractivity contribution in [3.63, 3.8) is 0 Å². The van der Waals surface area contributed by atoms with E-state index < -0.39 is 26.6 Å². The molecule has 0 aromatic carbocycles. The number of aliphatic hydroxyl groups is 1. The van der Waals surface area contributed by atoms with Gasteiger partial charge < -0.3 is 28.8 Å². The number of amides is 1. The topological polar surface area (TPSA) is 108 Å². The molecule has 0 fully saturated rings. The van der Waals surface area contributed by atoms with Crippen molar-refractivity contribution in [2.75, 3.05) is 40.9 Å². The molecule has 0 aromatic heterocycles. The van der Waals surface area contributed by atoms with E-state index in [1.54, 1.807) is 6.08 Å². The van der Waals surface area contributed by atoms with Gasteiger partial charge in [0.25, 0.3) is 7.82 Å². The van der Waals surface area contributed by atoms with Gasteiger partial charge in [-0.2, -0.15) is 0 Å². The number of nitrogens with zero attached hydrogens (tertiary/aromatic N) is 1. The Morgan fingerprint density at radius 1 is 0.632 bits per heavy atom. The van der Waals surface area contributed by atoms with Crippen LogP contribution in [0.5, 0.6) is 0 Å². The molecule has 2 N–H and O–H groups in total. The Balaban J connectivity index is 4.35. The second kappa shape index (κ2) is 39.4. The molecule has 0 heterocycles. The van der Waals surface area contributed by atoms with Gasteiger partial charge in [-0.05, 0) is 70.6 Å². The van der Waals surface area contributed by atoms with Gasteiger partial charge in [0, 0.05) is 6.42 Å². The van der Waals surface area contributed by atoms with Crippen LogP contribution < -0.4 is 10.2 Å². The number of rotatable bonds is 40. The quantitative estimate of drug-likeness (QED) is 0.0276.